The van der Waals surface area contributed by atoms with Crippen molar-refractivity contribution in [2.24, 2.45) is 0 Å². The minimum Gasteiger partial charge on any atom is -0.508 e. The van der Waals surface area contributed by atoms with Gasteiger partial charge in [-0.2, -0.15) is 0 Å². The Morgan fingerprint density at radius 1 is 1.42 bits per heavy atom. The third kappa shape index (κ3) is 1.58. The third-order valence-corrected chi connectivity index (χ3v) is 3.66. The van der Waals surface area contributed by atoms with Crippen LogP contribution in [-0.2, 0) is 6.42 Å². The number of phenols is 1. The zero-order valence-corrected chi connectivity index (χ0v) is 9.77. The lowest BCUT2D eigenvalue weighted by atomic mass is 10.0. The number of hydrogen-bond acceptors (Lipinski definition) is 1. The van der Waals surface area contributed by atoms with E-state index >= 15 is 0 Å². The molecule has 2 heteroatoms. The highest BCUT2D eigenvalue weighted by Gasteiger charge is 2.08. The molecule has 0 heterocycles. The molecule has 0 saturated carbocycles. The van der Waals surface area contributed by atoms with E-state index in [4.69, 9.17) is 0 Å². The molecule has 0 bridgehead atoms. The fourth-order valence-corrected chi connectivity index (χ4v) is 2.30. The number of aryl methyl sites for hydroxylation is 1. The van der Waals surface area contributed by atoms with E-state index in [-0.39, 0.29) is 0 Å². The van der Waals surface area contributed by atoms with Gasteiger partial charge in [0.15, 0.2) is 0 Å². The van der Waals surface area contributed by atoms with Crippen LogP contribution in [0.2, 0.25) is 0 Å². The van der Waals surface area contributed by atoms with Crippen LogP contribution in [0, 0.1) is 17.4 Å². The van der Waals surface area contributed by atoms with E-state index in [2.05, 4.69) is 29.5 Å². The van der Waals surface area contributed by atoms with Crippen LogP contribution in [0.3, 0.4) is 0 Å². The molecule has 0 unspecified atom stereocenters. The molecule has 0 aromatic heterocycles. The van der Waals surface area contributed by atoms with Crippen molar-refractivity contribution in [3.63, 3.8) is 0 Å². The average Bonchev–Trinajstić information content (AvgIpc) is 2.02. The second-order valence-corrected chi connectivity index (χ2v) is 4.06. The molecule has 66 valence electrons. The van der Waals surface area contributed by atoms with Crippen LogP contribution >= 0.6 is 22.6 Å². The number of aromatic hydroxyl groups is 1. The number of benzene rings is 1. The quantitative estimate of drug-likeness (QED) is 0.781. The molecule has 0 saturated heterocycles. The molecular weight excluding hydrogens is 263 g/mol. The first-order chi connectivity index (χ1) is 5.57. The normalized spacial score (nSPS) is 10.3. The molecule has 0 amide bonds. The molecule has 0 atom stereocenters. The summed E-state index contributed by atoms with van der Waals surface area (Å²) in [5.74, 6) is 0.421. The average molecular weight is 276 g/mol. The van der Waals surface area contributed by atoms with Gasteiger partial charge in [0.05, 0.1) is 0 Å². The van der Waals surface area contributed by atoms with Crippen molar-refractivity contribution in [3.05, 3.63) is 26.3 Å². The molecule has 1 N–H and O–H groups in total. The molecule has 1 nitrogen and oxygen atoms in total. The van der Waals surface area contributed by atoms with E-state index in [9.17, 15) is 5.11 Å². The molecule has 0 aliphatic carbocycles. The summed E-state index contributed by atoms with van der Waals surface area (Å²) in [4.78, 5) is 0. The second-order valence-electron chi connectivity index (χ2n) is 2.98. The van der Waals surface area contributed by atoms with Gasteiger partial charge in [0, 0.05) is 3.57 Å². The Morgan fingerprint density at radius 3 is 2.50 bits per heavy atom. The first-order valence-electron chi connectivity index (χ1n) is 4.05. The molecule has 0 fully saturated rings. The summed E-state index contributed by atoms with van der Waals surface area (Å²) in [5.41, 5.74) is 3.45. The second kappa shape index (κ2) is 3.64. The molecule has 0 aliphatic heterocycles. The molecule has 1 aromatic rings. The fourth-order valence-electron chi connectivity index (χ4n) is 1.35. The lowest BCUT2D eigenvalue weighted by molar-refractivity contribution is 0.469. The maximum atomic E-state index is 9.53. The minimum absolute atomic E-state index is 0.421. The largest absolute Gasteiger partial charge is 0.508 e. The SMILES string of the molecule is CCc1c(C)c(O)cc(C)c1I. The first kappa shape index (κ1) is 9.84. The summed E-state index contributed by atoms with van der Waals surface area (Å²) in [5, 5.41) is 9.53. The van der Waals surface area contributed by atoms with Gasteiger partial charge < -0.3 is 5.11 Å². The molecule has 12 heavy (non-hydrogen) atoms. The number of halogens is 1. The van der Waals surface area contributed by atoms with Gasteiger partial charge in [0.1, 0.15) is 5.75 Å². The van der Waals surface area contributed by atoms with E-state index in [1.807, 2.05) is 19.9 Å². The van der Waals surface area contributed by atoms with Crippen molar-refractivity contribution < 1.29 is 5.11 Å². The minimum atomic E-state index is 0.421. The number of rotatable bonds is 1. The highest BCUT2D eigenvalue weighted by Crippen LogP contribution is 2.28. The fraction of sp³-hybridized carbons (Fsp3) is 0.400. The molecule has 0 radical (unpaired) electrons. The van der Waals surface area contributed by atoms with Crippen molar-refractivity contribution in [1.82, 2.24) is 0 Å². The Balaban J connectivity index is 3.42. The van der Waals surface area contributed by atoms with Crippen molar-refractivity contribution in [2.75, 3.05) is 0 Å². The van der Waals surface area contributed by atoms with Gasteiger partial charge in [-0.15, -0.1) is 0 Å². The van der Waals surface area contributed by atoms with Crippen molar-refractivity contribution in [3.8, 4) is 5.75 Å². The molecular formula is C10H13IO. The van der Waals surface area contributed by atoms with Gasteiger partial charge in [-0.05, 0) is 65.6 Å². The van der Waals surface area contributed by atoms with Gasteiger partial charge in [-0.25, -0.2) is 0 Å². The lowest BCUT2D eigenvalue weighted by Crippen LogP contribution is -1.94. The molecule has 0 spiro atoms. The van der Waals surface area contributed by atoms with Crippen LogP contribution in [0.15, 0.2) is 6.07 Å². The van der Waals surface area contributed by atoms with E-state index in [0.29, 0.717) is 5.75 Å². The summed E-state index contributed by atoms with van der Waals surface area (Å²) < 4.78 is 1.28. The van der Waals surface area contributed by atoms with Gasteiger partial charge >= 0.3 is 0 Å². The van der Waals surface area contributed by atoms with Gasteiger partial charge in [0.25, 0.3) is 0 Å². The van der Waals surface area contributed by atoms with Gasteiger partial charge in [-0.3, -0.25) is 0 Å². The maximum Gasteiger partial charge on any atom is 0.119 e. The van der Waals surface area contributed by atoms with Crippen LogP contribution in [0.25, 0.3) is 0 Å². The summed E-state index contributed by atoms with van der Waals surface area (Å²) in [6.07, 6.45) is 0.985. The standard InChI is InChI=1S/C10H13IO/c1-4-8-7(3)9(12)5-6(2)10(8)11/h5,12H,4H2,1-3H3. The molecule has 1 aromatic carbocycles. The summed E-state index contributed by atoms with van der Waals surface area (Å²) >= 11 is 2.34. The predicted octanol–water partition coefficient (Wildman–Crippen LogP) is 3.18. The Labute approximate surface area is 86.9 Å². The van der Waals surface area contributed by atoms with Crippen LogP contribution in [0.1, 0.15) is 23.6 Å². The van der Waals surface area contributed by atoms with Crippen LogP contribution in [-0.4, -0.2) is 5.11 Å². The van der Waals surface area contributed by atoms with Crippen molar-refractivity contribution in [1.29, 1.82) is 0 Å². The first-order valence-corrected chi connectivity index (χ1v) is 5.13. The van der Waals surface area contributed by atoms with Crippen LogP contribution < -0.4 is 0 Å². The Bertz CT molecular complexity index is 279. The highest BCUT2D eigenvalue weighted by atomic mass is 127. The Kier molecular flexibility index (Phi) is 2.99. The maximum absolute atomic E-state index is 9.53. The third-order valence-electron chi connectivity index (χ3n) is 2.15. The van der Waals surface area contributed by atoms with Crippen LogP contribution in [0.5, 0.6) is 5.75 Å². The summed E-state index contributed by atoms with van der Waals surface area (Å²) in [6.45, 7) is 6.11. The zero-order valence-electron chi connectivity index (χ0n) is 7.61. The van der Waals surface area contributed by atoms with Gasteiger partial charge in [-0.1, -0.05) is 6.92 Å². The van der Waals surface area contributed by atoms with Crippen molar-refractivity contribution in [2.45, 2.75) is 27.2 Å². The highest BCUT2D eigenvalue weighted by molar-refractivity contribution is 14.1. The number of phenolic OH excluding ortho intramolecular Hbond substituents is 1. The van der Waals surface area contributed by atoms with Crippen molar-refractivity contribution >= 4 is 22.6 Å². The zero-order chi connectivity index (χ0) is 9.30. The molecule has 1 rings (SSSR count). The number of hydrogen-bond donors (Lipinski definition) is 1. The Hall–Kier alpha value is -0.250. The lowest BCUT2D eigenvalue weighted by Gasteiger charge is -2.10. The Morgan fingerprint density at radius 2 is 2.00 bits per heavy atom. The predicted molar refractivity (Wildman–Crippen MR) is 59.7 cm³/mol. The van der Waals surface area contributed by atoms with E-state index < -0.39 is 0 Å². The summed E-state index contributed by atoms with van der Waals surface area (Å²) in [6, 6.07) is 1.83. The van der Waals surface area contributed by atoms with Gasteiger partial charge in [0.2, 0.25) is 0 Å². The molecule has 0 aliphatic rings. The van der Waals surface area contributed by atoms with E-state index in [1.165, 1.54) is 9.13 Å². The van der Waals surface area contributed by atoms with E-state index in [0.717, 1.165) is 17.5 Å². The smallest absolute Gasteiger partial charge is 0.119 e. The van der Waals surface area contributed by atoms with Crippen LogP contribution in [0.4, 0.5) is 0 Å². The monoisotopic (exact) mass is 276 g/mol. The van der Waals surface area contributed by atoms with E-state index in [1.54, 1.807) is 0 Å². The topological polar surface area (TPSA) is 20.2 Å². The summed E-state index contributed by atoms with van der Waals surface area (Å²) in [7, 11) is 0.